The summed E-state index contributed by atoms with van der Waals surface area (Å²) in [5.41, 5.74) is 0. The molecule has 0 fully saturated rings. The molecule has 0 spiro atoms. The van der Waals surface area contributed by atoms with Crippen LogP contribution in [0.2, 0.25) is 0 Å². The summed E-state index contributed by atoms with van der Waals surface area (Å²) in [7, 11) is 1.45. The van der Waals surface area contributed by atoms with Gasteiger partial charge in [0.05, 0.1) is 7.11 Å². The van der Waals surface area contributed by atoms with E-state index in [9.17, 15) is 4.39 Å². The number of hydrogen-bond donors (Lipinski definition) is 0. The fourth-order valence-corrected chi connectivity index (χ4v) is 1.01. The van der Waals surface area contributed by atoms with Gasteiger partial charge in [-0.1, -0.05) is 0 Å². The van der Waals surface area contributed by atoms with E-state index in [4.69, 9.17) is 0 Å². The van der Waals surface area contributed by atoms with Crippen LogP contribution in [-0.2, 0) is 0 Å². The highest BCUT2D eigenvalue weighted by Crippen LogP contribution is 2.22. The van der Waals surface area contributed by atoms with Crippen molar-refractivity contribution in [3.05, 3.63) is 17.3 Å². The molecule has 0 aliphatic rings. The largest absolute Gasteiger partial charge is 0.485 e. The van der Waals surface area contributed by atoms with Crippen molar-refractivity contribution in [2.45, 2.75) is 0 Å². The predicted octanol–water partition coefficient (Wildman–Crippen LogP) is 1.90. The molecule has 0 unspecified atom stereocenters. The molecule has 8 heavy (non-hydrogen) atoms. The van der Waals surface area contributed by atoms with E-state index >= 15 is 0 Å². The second-order valence-corrected chi connectivity index (χ2v) is 2.14. The highest BCUT2D eigenvalue weighted by Gasteiger charge is 1.99. The van der Waals surface area contributed by atoms with Gasteiger partial charge < -0.3 is 4.74 Å². The number of halogens is 1. The lowest BCUT2D eigenvalue weighted by molar-refractivity contribution is 0.400. The first-order valence-corrected chi connectivity index (χ1v) is 2.99. The van der Waals surface area contributed by atoms with Gasteiger partial charge >= 0.3 is 0 Å². The summed E-state index contributed by atoms with van der Waals surface area (Å²) >= 11 is 1.25. The van der Waals surface area contributed by atoms with Gasteiger partial charge in [0.2, 0.25) is 5.06 Å². The van der Waals surface area contributed by atoms with E-state index in [1.54, 1.807) is 5.38 Å². The molecule has 1 nitrogen and oxygen atoms in total. The van der Waals surface area contributed by atoms with Gasteiger partial charge in [0.1, 0.15) is 0 Å². The summed E-state index contributed by atoms with van der Waals surface area (Å²) in [5, 5.41) is 2.00. The van der Waals surface area contributed by atoms with Gasteiger partial charge in [-0.15, -0.1) is 11.3 Å². The average molecular weight is 132 g/mol. The van der Waals surface area contributed by atoms with Crippen LogP contribution in [0.4, 0.5) is 4.39 Å². The van der Waals surface area contributed by atoms with Crippen molar-refractivity contribution in [2.24, 2.45) is 0 Å². The molecular formula is C5H5FOS. The number of rotatable bonds is 1. The Bertz CT molecular complexity index is 173. The van der Waals surface area contributed by atoms with Crippen molar-refractivity contribution in [3.63, 3.8) is 0 Å². The van der Waals surface area contributed by atoms with Crippen LogP contribution in [0.25, 0.3) is 0 Å². The zero-order valence-electron chi connectivity index (χ0n) is 4.35. The average Bonchev–Trinajstić information content (AvgIpc) is 2.14. The molecule has 0 aliphatic heterocycles. The van der Waals surface area contributed by atoms with Crippen LogP contribution in [0, 0.1) is 5.82 Å². The van der Waals surface area contributed by atoms with Crippen molar-refractivity contribution < 1.29 is 9.13 Å². The van der Waals surface area contributed by atoms with Crippen molar-refractivity contribution >= 4 is 11.3 Å². The first-order chi connectivity index (χ1) is 3.84. The van der Waals surface area contributed by atoms with Gasteiger partial charge in [-0.2, -0.15) is 0 Å². The SMILES string of the molecule is COc1sccc1F. The number of ether oxygens (including phenoxy) is 1. The van der Waals surface area contributed by atoms with E-state index in [2.05, 4.69) is 4.74 Å². The van der Waals surface area contributed by atoms with Crippen LogP contribution < -0.4 is 4.74 Å². The van der Waals surface area contributed by atoms with Crippen LogP contribution >= 0.6 is 11.3 Å². The quantitative estimate of drug-likeness (QED) is 0.567. The number of thiophene rings is 1. The summed E-state index contributed by atoms with van der Waals surface area (Å²) in [6.07, 6.45) is 0. The lowest BCUT2D eigenvalue weighted by atomic mass is 10.6. The van der Waals surface area contributed by atoms with Crippen molar-refractivity contribution in [1.82, 2.24) is 0 Å². The molecule has 1 rings (SSSR count). The molecule has 3 heteroatoms. The Kier molecular flexibility index (Phi) is 1.48. The summed E-state index contributed by atoms with van der Waals surface area (Å²) in [6, 6.07) is 1.38. The third-order valence-corrected chi connectivity index (χ3v) is 1.62. The molecule has 0 N–H and O–H groups in total. The second-order valence-electron chi connectivity index (χ2n) is 1.26. The summed E-state index contributed by atoms with van der Waals surface area (Å²) in [4.78, 5) is 0. The minimum Gasteiger partial charge on any atom is -0.485 e. The Hall–Kier alpha value is -0.570. The third-order valence-electron chi connectivity index (χ3n) is 0.770. The Morgan fingerprint density at radius 2 is 2.50 bits per heavy atom. The Labute approximate surface area is 50.7 Å². The van der Waals surface area contributed by atoms with Crippen LogP contribution in [0.5, 0.6) is 5.06 Å². The van der Waals surface area contributed by atoms with Crippen molar-refractivity contribution in [3.8, 4) is 5.06 Å². The first-order valence-electron chi connectivity index (χ1n) is 2.11. The zero-order valence-corrected chi connectivity index (χ0v) is 5.17. The maximum atomic E-state index is 12.2. The smallest absolute Gasteiger partial charge is 0.210 e. The van der Waals surface area contributed by atoms with Crippen LogP contribution in [0.15, 0.2) is 11.4 Å². The topological polar surface area (TPSA) is 9.23 Å². The molecule has 0 saturated carbocycles. The molecule has 1 heterocycles. The van der Waals surface area contributed by atoms with E-state index in [0.29, 0.717) is 5.06 Å². The fourth-order valence-electron chi connectivity index (χ4n) is 0.426. The number of hydrogen-bond acceptors (Lipinski definition) is 2. The normalized spacial score (nSPS) is 9.25. The van der Waals surface area contributed by atoms with Gasteiger partial charge in [0, 0.05) is 0 Å². The molecule has 0 aromatic carbocycles. The molecular weight excluding hydrogens is 127 g/mol. The van der Waals surface area contributed by atoms with E-state index < -0.39 is 0 Å². The molecule has 0 aliphatic carbocycles. The summed E-state index contributed by atoms with van der Waals surface area (Å²) in [6.45, 7) is 0. The van der Waals surface area contributed by atoms with E-state index in [1.807, 2.05) is 0 Å². The summed E-state index contributed by atoms with van der Waals surface area (Å²) < 4.78 is 16.9. The second kappa shape index (κ2) is 2.13. The maximum absolute atomic E-state index is 12.2. The third kappa shape index (κ3) is 0.816. The van der Waals surface area contributed by atoms with E-state index in [0.717, 1.165) is 0 Å². The highest BCUT2D eigenvalue weighted by molar-refractivity contribution is 7.11. The van der Waals surface area contributed by atoms with Crippen molar-refractivity contribution in [1.29, 1.82) is 0 Å². The maximum Gasteiger partial charge on any atom is 0.210 e. The number of methoxy groups -OCH3 is 1. The molecule has 0 radical (unpaired) electrons. The molecule has 0 atom stereocenters. The molecule has 0 amide bonds. The molecule has 0 bridgehead atoms. The Morgan fingerprint density at radius 3 is 2.75 bits per heavy atom. The molecule has 0 saturated heterocycles. The van der Waals surface area contributed by atoms with Gasteiger partial charge in [0.25, 0.3) is 0 Å². The molecule has 1 aromatic rings. The van der Waals surface area contributed by atoms with Gasteiger partial charge in [-0.3, -0.25) is 0 Å². The standard InChI is InChI=1S/C5H5FOS/c1-7-5-4(6)2-3-8-5/h2-3H,1H3. The zero-order chi connectivity index (χ0) is 5.98. The summed E-state index contributed by atoms with van der Waals surface area (Å²) in [5.74, 6) is -0.280. The minimum absolute atomic E-state index is 0.280. The first kappa shape index (κ1) is 5.56. The monoisotopic (exact) mass is 132 g/mol. The van der Waals surface area contributed by atoms with E-state index in [-0.39, 0.29) is 5.82 Å². The lowest BCUT2D eigenvalue weighted by Gasteiger charge is -1.89. The Morgan fingerprint density at radius 1 is 1.75 bits per heavy atom. The van der Waals surface area contributed by atoms with Crippen LogP contribution in [0.1, 0.15) is 0 Å². The highest BCUT2D eigenvalue weighted by atomic mass is 32.1. The molecule has 1 aromatic heterocycles. The fraction of sp³-hybridized carbons (Fsp3) is 0.200. The van der Waals surface area contributed by atoms with Crippen molar-refractivity contribution in [2.75, 3.05) is 7.11 Å². The minimum atomic E-state index is -0.280. The predicted molar refractivity (Wildman–Crippen MR) is 30.8 cm³/mol. The van der Waals surface area contributed by atoms with Crippen LogP contribution in [0.3, 0.4) is 0 Å². The Balaban J connectivity index is 2.92. The van der Waals surface area contributed by atoms with Gasteiger partial charge in [-0.05, 0) is 11.4 Å². The van der Waals surface area contributed by atoms with E-state index in [1.165, 1.54) is 24.5 Å². The van der Waals surface area contributed by atoms with Gasteiger partial charge in [-0.25, -0.2) is 4.39 Å². The molecule has 44 valence electrons. The van der Waals surface area contributed by atoms with Gasteiger partial charge in [0.15, 0.2) is 5.82 Å². The van der Waals surface area contributed by atoms with Crippen LogP contribution in [-0.4, -0.2) is 7.11 Å². The lowest BCUT2D eigenvalue weighted by Crippen LogP contribution is -1.78.